The summed E-state index contributed by atoms with van der Waals surface area (Å²) in [5.41, 5.74) is 0. The summed E-state index contributed by atoms with van der Waals surface area (Å²) in [5, 5.41) is 2.20. The van der Waals surface area contributed by atoms with Gasteiger partial charge in [-0.25, -0.2) is 0 Å². The summed E-state index contributed by atoms with van der Waals surface area (Å²) in [4.78, 5) is 1.32. The first kappa shape index (κ1) is 11.4. The Morgan fingerprint density at radius 1 is 1.14 bits per heavy atom. The molecular weight excluding hydrogens is 188 g/mol. The van der Waals surface area contributed by atoms with E-state index in [4.69, 9.17) is 0 Å². The van der Waals surface area contributed by atoms with Crippen LogP contribution >= 0.6 is 11.8 Å². The minimum Gasteiger partial charge on any atom is -0.0984 e. The van der Waals surface area contributed by atoms with E-state index in [2.05, 4.69) is 48.7 Å². The summed E-state index contributed by atoms with van der Waals surface area (Å²) in [6.45, 7) is 2.24. The van der Waals surface area contributed by atoms with E-state index in [1.807, 2.05) is 0 Å². The summed E-state index contributed by atoms with van der Waals surface area (Å²) in [6.07, 6.45) is 7.46. The van der Waals surface area contributed by atoms with Gasteiger partial charge in [0.2, 0.25) is 0 Å². The Labute approximate surface area is 91.4 Å². The largest absolute Gasteiger partial charge is 0.0984 e. The van der Waals surface area contributed by atoms with Gasteiger partial charge in [-0.3, -0.25) is 0 Å². The molecule has 14 heavy (non-hydrogen) atoms. The van der Waals surface area contributed by atoms with E-state index >= 15 is 0 Å². The van der Waals surface area contributed by atoms with Crippen molar-refractivity contribution in [2.75, 3.05) is 0 Å². The molecule has 0 unspecified atom stereocenters. The number of unbranched alkanes of at least 4 members (excludes halogenated alkanes) is 3. The molecule has 0 N–H and O–H groups in total. The van der Waals surface area contributed by atoms with E-state index in [0.717, 1.165) is 0 Å². The van der Waals surface area contributed by atoms with Crippen molar-refractivity contribution < 1.29 is 0 Å². The first-order valence-electron chi connectivity index (χ1n) is 5.30. The van der Waals surface area contributed by atoms with E-state index in [9.17, 15) is 0 Å². The summed E-state index contributed by atoms with van der Waals surface area (Å²) in [5.74, 6) is 0. The fourth-order valence-electron chi connectivity index (χ4n) is 1.21. The van der Waals surface area contributed by atoms with E-state index in [1.165, 1.54) is 30.6 Å². The van der Waals surface area contributed by atoms with E-state index < -0.39 is 0 Å². The van der Waals surface area contributed by atoms with Gasteiger partial charge in [0.05, 0.1) is 0 Å². The Balaban J connectivity index is 2.14. The third-order valence-corrected chi connectivity index (χ3v) is 2.89. The number of thioether (sulfide) groups is 1. The van der Waals surface area contributed by atoms with Gasteiger partial charge in [-0.05, 0) is 30.4 Å². The molecule has 1 aromatic carbocycles. The zero-order chi connectivity index (χ0) is 10.1. The van der Waals surface area contributed by atoms with E-state index in [-0.39, 0.29) is 0 Å². The molecule has 0 aromatic heterocycles. The Morgan fingerprint density at radius 2 is 1.93 bits per heavy atom. The second kappa shape index (κ2) is 7.69. The fourth-order valence-corrected chi connectivity index (χ4v) is 1.91. The molecule has 1 rings (SSSR count). The van der Waals surface area contributed by atoms with Crippen LogP contribution in [-0.4, -0.2) is 0 Å². The van der Waals surface area contributed by atoms with Crippen LogP contribution < -0.4 is 0 Å². The predicted molar refractivity (Wildman–Crippen MR) is 65.6 cm³/mol. The zero-order valence-corrected chi connectivity index (χ0v) is 9.59. The van der Waals surface area contributed by atoms with Crippen molar-refractivity contribution in [2.24, 2.45) is 0 Å². The molecule has 0 fully saturated rings. The average molecular weight is 206 g/mol. The highest BCUT2D eigenvalue weighted by Gasteiger charge is 1.86. The van der Waals surface area contributed by atoms with Crippen LogP contribution in [0.4, 0.5) is 0 Å². The van der Waals surface area contributed by atoms with Crippen LogP contribution in [-0.2, 0) is 0 Å². The van der Waals surface area contributed by atoms with E-state index in [0.29, 0.717) is 0 Å². The molecule has 0 heterocycles. The number of allylic oxidation sites excluding steroid dienone is 1. The number of benzene rings is 1. The summed E-state index contributed by atoms with van der Waals surface area (Å²) in [7, 11) is 0. The molecule has 0 spiro atoms. The Kier molecular flexibility index (Phi) is 6.25. The first-order chi connectivity index (χ1) is 6.93. The van der Waals surface area contributed by atoms with Crippen LogP contribution in [0.15, 0.2) is 46.7 Å². The maximum Gasteiger partial charge on any atom is 0.0116 e. The van der Waals surface area contributed by atoms with Gasteiger partial charge in [-0.15, -0.1) is 0 Å². The lowest BCUT2D eigenvalue weighted by atomic mass is 10.2. The van der Waals surface area contributed by atoms with Crippen LogP contribution in [0.1, 0.15) is 32.6 Å². The molecular formula is C13H18S. The first-order valence-corrected chi connectivity index (χ1v) is 6.18. The number of hydrogen-bond donors (Lipinski definition) is 0. The van der Waals surface area contributed by atoms with Gasteiger partial charge in [0.15, 0.2) is 0 Å². The quantitative estimate of drug-likeness (QED) is 0.472. The highest BCUT2D eigenvalue weighted by molar-refractivity contribution is 8.02. The molecule has 0 aliphatic heterocycles. The Hall–Kier alpha value is -0.690. The SMILES string of the molecule is CCCCC/C=C/Sc1ccccc1. The molecule has 0 amide bonds. The van der Waals surface area contributed by atoms with Crippen molar-refractivity contribution >= 4 is 11.8 Å². The van der Waals surface area contributed by atoms with Crippen molar-refractivity contribution in [1.29, 1.82) is 0 Å². The van der Waals surface area contributed by atoms with Gasteiger partial charge < -0.3 is 0 Å². The maximum absolute atomic E-state index is 2.27. The molecule has 1 aromatic rings. The Morgan fingerprint density at radius 3 is 2.64 bits per heavy atom. The summed E-state index contributed by atoms with van der Waals surface area (Å²) >= 11 is 1.80. The molecule has 0 aliphatic carbocycles. The molecule has 0 bridgehead atoms. The summed E-state index contributed by atoms with van der Waals surface area (Å²) < 4.78 is 0. The molecule has 0 saturated heterocycles. The van der Waals surface area contributed by atoms with Gasteiger partial charge >= 0.3 is 0 Å². The topological polar surface area (TPSA) is 0 Å². The third kappa shape index (κ3) is 5.13. The second-order valence-electron chi connectivity index (χ2n) is 3.30. The van der Waals surface area contributed by atoms with Crippen molar-refractivity contribution in [1.82, 2.24) is 0 Å². The van der Waals surface area contributed by atoms with Crippen molar-refractivity contribution in [3.05, 3.63) is 41.8 Å². The maximum atomic E-state index is 2.27. The van der Waals surface area contributed by atoms with Gasteiger partial charge in [0, 0.05) is 4.90 Å². The minimum atomic E-state index is 1.22. The fraction of sp³-hybridized carbons (Fsp3) is 0.385. The molecule has 1 heteroatoms. The molecule has 76 valence electrons. The van der Waals surface area contributed by atoms with Gasteiger partial charge in [-0.2, -0.15) is 0 Å². The van der Waals surface area contributed by atoms with Crippen LogP contribution in [0, 0.1) is 0 Å². The average Bonchev–Trinajstić information content (AvgIpc) is 2.25. The molecule has 0 saturated carbocycles. The molecule has 0 atom stereocenters. The standard InChI is InChI=1S/C13H18S/c1-2-3-4-5-9-12-14-13-10-7-6-8-11-13/h6-12H,2-5H2,1H3/b12-9+. The van der Waals surface area contributed by atoms with Crippen LogP contribution in [0.25, 0.3) is 0 Å². The molecule has 0 aliphatic rings. The monoisotopic (exact) mass is 206 g/mol. The normalized spacial score (nSPS) is 10.9. The van der Waals surface area contributed by atoms with Crippen molar-refractivity contribution in [3.63, 3.8) is 0 Å². The van der Waals surface area contributed by atoms with Crippen molar-refractivity contribution in [3.8, 4) is 0 Å². The lowest BCUT2D eigenvalue weighted by Gasteiger charge is -1.94. The molecule has 0 nitrogen and oxygen atoms in total. The predicted octanol–water partition coefficient (Wildman–Crippen LogP) is 4.87. The van der Waals surface area contributed by atoms with Crippen LogP contribution in [0.5, 0.6) is 0 Å². The second-order valence-corrected chi connectivity index (χ2v) is 4.28. The highest BCUT2D eigenvalue weighted by atomic mass is 32.2. The van der Waals surface area contributed by atoms with Gasteiger partial charge in [0.1, 0.15) is 0 Å². The smallest absolute Gasteiger partial charge is 0.0116 e. The van der Waals surface area contributed by atoms with E-state index in [1.54, 1.807) is 11.8 Å². The third-order valence-electron chi connectivity index (χ3n) is 2.02. The Bertz CT molecular complexity index is 251. The van der Waals surface area contributed by atoms with Gasteiger partial charge in [0.25, 0.3) is 0 Å². The number of rotatable bonds is 6. The number of hydrogen-bond acceptors (Lipinski definition) is 1. The minimum absolute atomic E-state index is 1.22. The zero-order valence-electron chi connectivity index (χ0n) is 8.78. The molecule has 0 radical (unpaired) electrons. The highest BCUT2D eigenvalue weighted by Crippen LogP contribution is 2.18. The summed E-state index contributed by atoms with van der Waals surface area (Å²) in [6, 6.07) is 10.5. The van der Waals surface area contributed by atoms with Crippen LogP contribution in [0.2, 0.25) is 0 Å². The van der Waals surface area contributed by atoms with Crippen molar-refractivity contribution in [2.45, 2.75) is 37.5 Å². The lowest BCUT2D eigenvalue weighted by molar-refractivity contribution is 0.729. The van der Waals surface area contributed by atoms with Gasteiger partial charge in [-0.1, -0.05) is 55.8 Å². The van der Waals surface area contributed by atoms with Crippen LogP contribution in [0.3, 0.4) is 0 Å². The lowest BCUT2D eigenvalue weighted by Crippen LogP contribution is -1.70.